The zero-order chi connectivity index (χ0) is 24.1. The molecule has 1 aliphatic heterocycles. The number of aryl methyl sites for hydroxylation is 1. The number of methoxy groups -OCH3 is 1. The van der Waals surface area contributed by atoms with Crippen LogP contribution in [-0.4, -0.2) is 51.5 Å². The van der Waals surface area contributed by atoms with E-state index in [9.17, 15) is 14.7 Å². The lowest BCUT2D eigenvalue weighted by molar-refractivity contribution is -0.129. The van der Waals surface area contributed by atoms with Gasteiger partial charge in [-0.3, -0.25) is 9.59 Å². The molecule has 0 bridgehead atoms. The highest BCUT2D eigenvalue weighted by Crippen LogP contribution is 2.42. The first-order valence-corrected chi connectivity index (χ1v) is 12.0. The number of ether oxygens (including phenoxy) is 2. The Kier molecular flexibility index (Phi) is 7.32. The minimum atomic E-state index is -0.737. The lowest BCUT2D eigenvalue weighted by Gasteiger charge is -2.27. The van der Waals surface area contributed by atoms with Gasteiger partial charge in [-0.1, -0.05) is 19.1 Å². The molecule has 1 unspecified atom stereocenters. The van der Waals surface area contributed by atoms with Crippen LogP contribution in [0.5, 0.6) is 11.5 Å². The monoisotopic (exact) mass is 481 g/mol. The van der Waals surface area contributed by atoms with E-state index >= 15 is 0 Å². The number of benzene rings is 1. The number of aliphatic hydroxyl groups excluding tert-OH is 1. The summed E-state index contributed by atoms with van der Waals surface area (Å²) in [6.07, 6.45) is 6.74. The minimum absolute atomic E-state index is 0.0827. The number of rotatable bonds is 11. The molecule has 4 rings (SSSR count). The van der Waals surface area contributed by atoms with Crippen LogP contribution in [0, 0.1) is 0 Å². The molecular weight excluding hydrogens is 454 g/mol. The molecule has 0 radical (unpaired) electrons. The summed E-state index contributed by atoms with van der Waals surface area (Å²) < 4.78 is 13.2. The molecule has 1 atom stereocenters. The quantitative estimate of drug-likeness (QED) is 0.408. The molecule has 0 aliphatic carbocycles. The highest BCUT2D eigenvalue weighted by atomic mass is 32.1. The average Bonchev–Trinajstić information content (AvgIpc) is 3.61. The van der Waals surface area contributed by atoms with E-state index in [0.717, 1.165) is 6.42 Å². The highest BCUT2D eigenvalue weighted by molar-refractivity contribution is 7.12. The maximum absolute atomic E-state index is 13.4. The zero-order valence-corrected chi connectivity index (χ0v) is 20.0. The van der Waals surface area contributed by atoms with Gasteiger partial charge in [0.25, 0.3) is 5.91 Å². The Bertz CT molecular complexity index is 1170. The fraction of sp³-hybridized carbons (Fsp3) is 0.320. The third kappa shape index (κ3) is 4.70. The number of thiophene rings is 1. The number of carbonyl (C=O) groups excluding carboxylic acids is 2. The van der Waals surface area contributed by atoms with Gasteiger partial charge in [-0.25, -0.2) is 4.98 Å². The summed E-state index contributed by atoms with van der Waals surface area (Å²) in [7, 11) is 1.55. The normalized spacial score (nSPS) is 15.8. The number of ketones is 1. The van der Waals surface area contributed by atoms with Gasteiger partial charge in [0, 0.05) is 25.5 Å². The van der Waals surface area contributed by atoms with Gasteiger partial charge in [0.1, 0.15) is 0 Å². The van der Waals surface area contributed by atoms with E-state index in [1.807, 2.05) is 23.8 Å². The molecule has 1 aliphatic rings. The van der Waals surface area contributed by atoms with Crippen molar-refractivity contribution >= 4 is 23.0 Å². The largest absolute Gasteiger partial charge is 0.503 e. The molecule has 0 spiro atoms. The molecule has 3 aromatic rings. The molecule has 178 valence electrons. The first kappa shape index (κ1) is 23.6. The highest BCUT2D eigenvalue weighted by Gasteiger charge is 2.44. The van der Waals surface area contributed by atoms with E-state index in [-0.39, 0.29) is 11.4 Å². The Labute approximate surface area is 202 Å². The lowest BCUT2D eigenvalue weighted by Crippen LogP contribution is -2.32. The van der Waals surface area contributed by atoms with E-state index in [4.69, 9.17) is 9.47 Å². The number of Topliss-reactive ketones (excluding diaryl/α,β-unsaturated/α-hetero) is 1. The minimum Gasteiger partial charge on any atom is -0.503 e. The van der Waals surface area contributed by atoms with Crippen LogP contribution >= 0.6 is 11.3 Å². The van der Waals surface area contributed by atoms with Crippen LogP contribution < -0.4 is 9.47 Å². The smallest absolute Gasteiger partial charge is 0.290 e. The van der Waals surface area contributed by atoms with Gasteiger partial charge in [-0.15, -0.1) is 11.3 Å². The van der Waals surface area contributed by atoms with Crippen molar-refractivity contribution in [1.29, 1.82) is 0 Å². The van der Waals surface area contributed by atoms with Crippen molar-refractivity contribution in [1.82, 2.24) is 14.5 Å². The van der Waals surface area contributed by atoms with Crippen molar-refractivity contribution in [3.8, 4) is 11.5 Å². The topological polar surface area (TPSA) is 93.9 Å². The number of nitrogens with zero attached hydrogens (tertiary/aromatic N) is 3. The van der Waals surface area contributed by atoms with E-state index < -0.39 is 17.7 Å². The van der Waals surface area contributed by atoms with Gasteiger partial charge in [0.05, 0.1) is 36.5 Å². The van der Waals surface area contributed by atoms with Crippen molar-refractivity contribution in [3.05, 3.63) is 76.2 Å². The van der Waals surface area contributed by atoms with Gasteiger partial charge in [0.15, 0.2) is 17.3 Å². The van der Waals surface area contributed by atoms with Crippen LogP contribution in [0.3, 0.4) is 0 Å². The average molecular weight is 482 g/mol. The number of amides is 1. The lowest BCUT2D eigenvalue weighted by atomic mass is 9.95. The van der Waals surface area contributed by atoms with E-state index in [1.165, 1.54) is 11.3 Å². The maximum Gasteiger partial charge on any atom is 0.290 e. The second kappa shape index (κ2) is 10.6. The number of aliphatic hydroxyl groups is 1. The van der Waals surface area contributed by atoms with Crippen LogP contribution in [-0.2, 0) is 11.3 Å². The van der Waals surface area contributed by atoms with Crippen molar-refractivity contribution < 1.29 is 24.2 Å². The van der Waals surface area contributed by atoms with E-state index in [1.54, 1.807) is 54.2 Å². The first-order chi connectivity index (χ1) is 16.5. The molecule has 3 heterocycles. The van der Waals surface area contributed by atoms with Crippen molar-refractivity contribution in [3.63, 3.8) is 0 Å². The Hall–Kier alpha value is -3.59. The number of carbonyl (C=O) groups is 2. The standard InChI is InChI=1S/C25H27N3O5S/c1-3-13-33-18-8-7-17(15-19(18)32-2)22-21(23(29)20-6-4-14-34-20)24(30)25(31)28(22)11-5-10-27-12-9-26-16-27/h4,6-9,12,14-16,22,30H,3,5,10-11,13H2,1-2H3. The Morgan fingerprint density at radius 3 is 2.76 bits per heavy atom. The summed E-state index contributed by atoms with van der Waals surface area (Å²) in [4.78, 5) is 32.5. The molecule has 8 nitrogen and oxygen atoms in total. The Morgan fingerprint density at radius 2 is 2.09 bits per heavy atom. The van der Waals surface area contributed by atoms with Gasteiger partial charge in [0.2, 0.25) is 5.78 Å². The summed E-state index contributed by atoms with van der Waals surface area (Å²) in [5.41, 5.74) is 0.750. The Morgan fingerprint density at radius 1 is 1.24 bits per heavy atom. The van der Waals surface area contributed by atoms with Crippen LogP contribution in [0.25, 0.3) is 0 Å². The van der Waals surface area contributed by atoms with Crippen LogP contribution in [0.2, 0.25) is 0 Å². The molecule has 0 saturated heterocycles. The fourth-order valence-corrected chi connectivity index (χ4v) is 4.71. The second-order valence-electron chi connectivity index (χ2n) is 7.88. The van der Waals surface area contributed by atoms with Crippen LogP contribution in [0.1, 0.15) is 41.0 Å². The molecule has 9 heteroatoms. The van der Waals surface area contributed by atoms with Gasteiger partial charge >= 0.3 is 0 Å². The van der Waals surface area contributed by atoms with Crippen molar-refractivity contribution in [2.45, 2.75) is 32.4 Å². The van der Waals surface area contributed by atoms with Gasteiger partial charge in [-0.05, 0) is 42.0 Å². The summed E-state index contributed by atoms with van der Waals surface area (Å²) in [5, 5.41) is 12.6. The molecule has 0 fully saturated rings. The zero-order valence-electron chi connectivity index (χ0n) is 19.1. The molecule has 2 aromatic heterocycles. The predicted molar refractivity (Wildman–Crippen MR) is 128 cm³/mol. The summed E-state index contributed by atoms with van der Waals surface area (Å²) in [6.45, 7) is 3.56. The maximum atomic E-state index is 13.4. The van der Waals surface area contributed by atoms with E-state index in [0.29, 0.717) is 48.1 Å². The number of imidazole rings is 1. The number of hydrogen-bond donors (Lipinski definition) is 1. The number of aromatic nitrogens is 2. The van der Waals surface area contributed by atoms with Crippen molar-refractivity contribution in [2.24, 2.45) is 0 Å². The molecule has 1 amide bonds. The molecular formula is C25H27N3O5S. The molecule has 0 saturated carbocycles. The first-order valence-electron chi connectivity index (χ1n) is 11.1. The Balaban J connectivity index is 1.69. The predicted octanol–water partition coefficient (Wildman–Crippen LogP) is 4.41. The summed E-state index contributed by atoms with van der Waals surface area (Å²) in [5.74, 6) is -0.320. The van der Waals surface area contributed by atoms with E-state index in [2.05, 4.69) is 4.98 Å². The van der Waals surface area contributed by atoms with Crippen LogP contribution in [0.15, 0.2) is 65.8 Å². The third-order valence-electron chi connectivity index (χ3n) is 5.63. The SMILES string of the molecule is CCCOc1ccc(C2C(C(=O)c3cccs3)=C(O)C(=O)N2CCCn2ccnc2)cc1OC. The molecule has 34 heavy (non-hydrogen) atoms. The fourth-order valence-electron chi connectivity index (χ4n) is 4.03. The van der Waals surface area contributed by atoms with Crippen molar-refractivity contribution in [2.75, 3.05) is 20.3 Å². The number of hydrogen-bond acceptors (Lipinski definition) is 7. The summed E-state index contributed by atoms with van der Waals surface area (Å²) in [6, 6.07) is 8.09. The second-order valence-corrected chi connectivity index (χ2v) is 8.83. The van der Waals surface area contributed by atoms with Crippen LogP contribution in [0.4, 0.5) is 0 Å². The third-order valence-corrected chi connectivity index (χ3v) is 6.50. The molecule has 1 aromatic carbocycles. The van der Waals surface area contributed by atoms with Gasteiger partial charge < -0.3 is 24.0 Å². The molecule has 1 N–H and O–H groups in total. The summed E-state index contributed by atoms with van der Waals surface area (Å²) >= 11 is 1.28. The van der Waals surface area contributed by atoms with Gasteiger partial charge in [-0.2, -0.15) is 0 Å².